The van der Waals surface area contributed by atoms with Gasteiger partial charge in [-0.1, -0.05) is 6.07 Å². The molecule has 0 aliphatic carbocycles. The number of likely N-dealkylation sites (N-methyl/N-ethyl adjacent to an activating group) is 1. The molecule has 1 amide bonds. The number of carbonyl (C=O) groups excluding carboxylic acids is 1. The van der Waals surface area contributed by atoms with E-state index in [9.17, 15) is 9.18 Å². The van der Waals surface area contributed by atoms with E-state index in [4.69, 9.17) is 4.74 Å². The highest BCUT2D eigenvalue weighted by Gasteiger charge is 2.16. The Morgan fingerprint density at radius 3 is 2.82 bits per heavy atom. The molecule has 0 bridgehead atoms. The third kappa shape index (κ3) is 3.42. The Balaban J connectivity index is 2.80. The zero-order valence-corrected chi connectivity index (χ0v) is 10.2. The van der Waals surface area contributed by atoms with E-state index >= 15 is 0 Å². The first-order chi connectivity index (χ1) is 8.10. The lowest BCUT2D eigenvalue weighted by molar-refractivity contribution is -0.119. The maximum Gasteiger partial charge on any atom is 0.233 e. The summed E-state index contributed by atoms with van der Waals surface area (Å²) in [6, 6.07) is 4.35. The van der Waals surface area contributed by atoms with Gasteiger partial charge in [0.05, 0.1) is 13.7 Å². The minimum atomic E-state index is -0.346. The van der Waals surface area contributed by atoms with E-state index in [-0.39, 0.29) is 24.3 Å². The number of hydrogen-bond donors (Lipinski definition) is 2. The maximum absolute atomic E-state index is 13.7. The number of benzene rings is 1. The molecule has 17 heavy (non-hydrogen) atoms. The van der Waals surface area contributed by atoms with Gasteiger partial charge in [-0.25, -0.2) is 4.39 Å². The normalized spacial score (nSPS) is 12.0. The third-order valence-electron chi connectivity index (χ3n) is 2.51. The van der Waals surface area contributed by atoms with Crippen LogP contribution in [0.2, 0.25) is 0 Å². The zero-order valence-electron chi connectivity index (χ0n) is 10.2. The summed E-state index contributed by atoms with van der Waals surface area (Å²) >= 11 is 0. The molecule has 4 nitrogen and oxygen atoms in total. The Morgan fingerprint density at radius 1 is 1.53 bits per heavy atom. The van der Waals surface area contributed by atoms with Crippen molar-refractivity contribution in [2.45, 2.75) is 13.0 Å². The molecule has 0 saturated carbocycles. The average Bonchev–Trinajstić information content (AvgIpc) is 2.34. The van der Waals surface area contributed by atoms with Crippen LogP contribution in [0.1, 0.15) is 18.5 Å². The molecular weight excluding hydrogens is 223 g/mol. The van der Waals surface area contributed by atoms with Crippen LogP contribution in [-0.4, -0.2) is 26.6 Å². The quantitative estimate of drug-likeness (QED) is 0.814. The lowest BCUT2D eigenvalue weighted by atomic mass is 10.1. The monoisotopic (exact) mass is 240 g/mol. The fraction of sp³-hybridized carbons (Fsp3) is 0.417. The van der Waals surface area contributed by atoms with E-state index in [1.165, 1.54) is 13.2 Å². The Kier molecular flexibility index (Phi) is 4.90. The highest BCUT2D eigenvalue weighted by Crippen LogP contribution is 2.27. The van der Waals surface area contributed by atoms with Crippen LogP contribution in [0, 0.1) is 5.82 Å². The molecule has 1 aromatic rings. The zero-order chi connectivity index (χ0) is 12.8. The predicted octanol–water partition coefficient (Wildman–Crippen LogP) is 1.23. The molecule has 0 aliphatic heterocycles. The predicted molar refractivity (Wildman–Crippen MR) is 63.4 cm³/mol. The summed E-state index contributed by atoms with van der Waals surface area (Å²) in [5.74, 6) is -0.0182. The summed E-state index contributed by atoms with van der Waals surface area (Å²) in [7, 11) is 3.04. The van der Waals surface area contributed by atoms with Gasteiger partial charge >= 0.3 is 0 Å². The molecule has 0 heterocycles. The smallest absolute Gasteiger partial charge is 0.233 e. The van der Waals surface area contributed by atoms with Gasteiger partial charge in [0.25, 0.3) is 0 Å². The number of amides is 1. The van der Waals surface area contributed by atoms with Gasteiger partial charge in [0.2, 0.25) is 5.91 Å². The van der Waals surface area contributed by atoms with Crippen molar-refractivity contribution in [1.82, 2.24) is 10.6 Å². The topological polar surface area (TPSA) is 50.4 Å². The molecule has 0 saturated heterocycles. The van der Waals surface area contributed by atoms with E-state index in [2.05, 4.69) is 10.6 Å². The first kappa shape index (κ1) is 13.4. The second kappa shape index (κ2) is 6.20. The Labute approximate surface area is 100 Å². The van der Waals surface area contributed by atoms with Crippen molar-refractivity contribution < 1.29 is 13.9 Å². The third-order valence-corrected chi connectivity index (χ3v) is 2.51. The fourth-order valence-corrected chi connectivity index (χ4v) is 1.55. The number of halogens is 1. The largest absolute Gasteiger partial charge is 0.496 e. The van der Waals surface area contributed by atoms with Crippen molar-refractivity contribution in [3.05, 3.63) is 29.6 Å². The lowest BCUT2D eigenvalue weighted by Gasteiger charge is -2.17. The molecule has 0 spiro atoms. The molecule has 1 aromatic carbocycles. The Hall–Kier alpha value is -1.62. The van der Waals surface area contributed by atoms with Gasteiger partial charge in [-0.05, 0) is 19.1 Å². The van der Waals surface area contributed by atoms with Gasteiger partial charge in [0, 0.05) is 18.7 Å². The molecule has 2 N–H and O–H groups in total. The molecule has 1 unspecified atom stereocenters. The maximum atomic E-state index is 13.7. The summed E-state index contributed by atoms with van der Waals surface area (Å²) in [4.78, 5) is 11.1. The Bertz CT molecular complexity index is 396. The van der Waals surface area contributed by atoms with Gasteiger partial charge in [-0.3, -0.25) is 4.79 Å². The van der Waals surface area contributed by atoms with Gasteiger partial charge in [-0.15, -0.1) is 0 Å². The number of rotatable bonds is 5. The lowest BCUT2D eigenvalue weighted by Crippen LogP contribution is -2.33. The van der Waals surface area contributed by atoms with Crippen LogP contribution in [0.3, 0.4) is 0 Å². The number of ether oxygens (including phenoxy) is 1. The second-order valence-corrected chi connectivity index (χ2v) is 3.63. The highest BCUT2D eigenvalue weighted by atomic mass is 19.1. The molecule has 1 atom stereocenters. The number of hydrogen-bond acceptors (Lipinski definition) is 3. The molecule has 5 heteroatoms. The van der Waals surface area contributed by atoms with Crippen molar-refractivity contribution in [1.29, 1.82) is 0 Å². The number of carbonyl (C=O) groups is 1. The van der Waals surface area contributed by atoms with Crippen LogP contribution in [0.5, 0.6) is 5.75 Å². The van der Waals surface area contributed by atoms with Crippen LogP contribution in [0.15, 0.2) is 18.2 Å². The molecule has 0 fully saturated rings. The molecule has 94 valence electrons. The fourth-order valence-electron chi connectivity index (χ4n) is 1.55. The van der Waals surface area contributed by atoms with Crippen LogP contribution < -0.4 is 15.4 Å². The van der Waals surface area contributed by atoms with E-state index in [1.54, 1.807) is 26.1 Å². The number of nitrogens with one attached hydrogen (secondary N) is 2. The number of methoxy groups -OCH3 is 1. The molecule has 0 radical (unpaired) electrons. The summed E-state index contributed by atoms with van der Waals surface area (Å²) in [6.07, 6.45) is 0. The summed E-state index contributed by atoms with van der Waals surface area (Å²) < 4.78 is 18.8. The molecule has 1 rings (SSSR count). The van der Waals surface area contributed by atoms with Gasteiger partial charge in [-0.2, -0.15) is 0 Å². The minimum Gasteiger partial charge on any atom is -0.496 e. The highest BCUT2D eigenvalue weighted by molar-refractivity contribution is 5.77. The van der Waals surface area contributed by atoms with Crippen molar-refractivity contribution >= 4 is 5.91 Å². The Morgan fingerprint density at radius 2 is 2.24 bits per heavy atom. The molecule has 0 aromatic heterocycles. The van der Waals surface area contributed by atoms with Gasteiger partial charge < -0.3 is 15.4 Å². The van der Waals surface area contributed by atoms with Crippen molar-refractivity contribution in [3.8, 4) is 5.75 Å². The summed E-state index contributed by atoms with van der Waals surface area (Å²) in [6.45, 7) is 1.92. The standard InChI is InChI=1S/C12H17FN2O2/c1-8(15-7-11(16)14-2)12-9(13)5-4-6-10(12)17-3/h4-6,8,15H,7H2,1-3H3,(H,14,16). The molecular formula is C12H17FN2O2. The van der Waals surface area contributed by atoms with Crippen LogP contribution in [0.25, 0.3) is 0 Å². The molecule has 0 aliphatic rings. The van der Waals surface area contributed by atoms with E-state index in [1.807, 2.05) is 0 Å². The minimum absolute atomic E-state index is 0.134. The van der Waals surface area contributed by atoms with Crippen molar-refractivity contribution in [2.24, 2.45) is 0 Å². The van der Waals surface area contributed by atoms with Crippen LogP contribution in [-0.2, 0) is 4.79 Å². The van der Waals surface area contributed by atoms with Crippen LogP contribution >= 0.6 is 0 Å². The van der Waals surface area contributed by atoms with Gasteiger partial charge in [0.15, 0.2) is 0 Å². The average molecular weight is 240 g/mol. The van der Waals surface area contributed by atoms with Gasteiger partial charge in [0.1, 0.15) is 11.6 Å². The SMILES string of the molecule is CNC(=O)CNC(C)c1c(F)cccc1OC. The first-order valence-electron chi connectivity index (χ1n) is 5.36. The van der Waals surface area contributed by atoms with Crippen molar-refractivity contribution in [3.63, 3.8) is 0 Å². The van der Waals surface area contributed by atoms with E-state index in [0.29, 0.717) is 11.3 Å². The van der Waals surface area contributed by atoms with Crippen LogP contribution in [0.4, 0.5) is 4.39 Å². The van der Waals surface area contributed by atoms with E-state index in [0.717, 1.165) is 0 Å². The van der Waals surface area contributed by atoms with Crippen molar-refractivity contribution in [2.75, 3.05) is 20.7 Å². The summed E-state index contributed by atoms with van der Waals surface area (Å²) in [5, 5.41) is 5.42. The summed E-state index contributed by atoms with van der Waals surface area (Å²) in [5.41, 5.74) is 0.430. The first-order valence-corrected chi connectivity index (χ1v) is 5.36. The van der Waals surface area contributed by atoms with E-state index < -0.39 is 0 Å². The second-order valence-electron chi connectivity index (χ2n) is 3.63.